The summed E-state index contributed by atoms with van der Waals surface area (Å²) in [6.07, 6.45) is 0. The lowest BCUT2D eigenvalue weighted by Crippen LogP contribution is -2.37. The first-order chi connectivity index (χ1) is 11.9. The average molecular weight is 382 g/mol. The SMILES string of the molecule is CCNC(=NCc1ccc(C(N)=O)cc1)NCc1cc(Cl)c(Cl)n1C. The normalized spacial score (nSPS) is 11.4. The molecule has 25 heavy (non-hydrogen) atoms. The van der Waals surface area contributed by atoms with Gasteiger partial charge in [0.25, 0.3) is 0 Å². The van der Waals surface area contributed by atoms with Crippen LogP contribution in [-0.2, 0) is 20.1 Å². The molecule has 0 saturated heterocycles. The number of amides is 1. The Morgan fingerprint density at radius 3 is 2.44 bits per heavy atom. The van der Waals surface area contributed by atoms with Crippen LogP contribution >= 0.6 is 23.2 Å². The van der Waals surface area contributed by atoms with Gasteiger partial charge in [-0.25, -0.2) is 4.99 Å². The Morgan fingerprint density at radius 1 is 1.24 bits per heavy atom. The van der Waals surface area contributed by atoms with Crippen molar-refractivity contribution in [1.29, 1.82) is 0 Å². The third-order valence-corrected chi connectivity index (χ3v) is 4.50. The van der Waals surface area contributed by atoms with E-state index in [1.54, 1.807) is 12.1 Å². The second kappa shape index (κ2) is 8.78. The molecule has 2 aromatic rings. The number of nitrogens with one attached hydrogen (secondary N) is 2. The molecule has 0 aliphatic rings. The highest BCUT2D eigenvalue weighted by Gasteiger charge is 2.09. The van der Waals surface area contributed by atoms with Crippen LogP contribution in [0.25, 0.3) is 0 Å². The van der Waals surface area contributed by atoms with Gasteiger partial charge in [-0.05, 0) is 30.7 Å². The van der Waals surface area contributed by atoms with E-state index in [0.29, 0.717) is 34.8 Å². The number of aromatic nitrogens is 1. The van der Waals surface area contributed by atoms with E-state index in [-0.39, 0.29) is 0 Å². The number of carbonyl (C=O) groups is 1. The number of primary amides is 1. The van der Waals surface area contributed by atoms with Gasteiger partial charge in [-0.3, -0.25) is 4.79 Å². The zero-order valence-corrected chi connectivity index (χ0v) is 15.7. The van der Waals surface area contributed by atoms with Crippen LogP contribution in [0.4, 0.5) is 0 Å². The summed E-state index contributed by atoms with van der Waals surface area (Å²) in [5.74, 6) is 0.236. The second-order valence-electron chi connectivity index (χ2n) is 5.44. The van der Waals surface area contributed by atoms with Crippen LogP contribution in [0, 0.1) is 0 Å². The molecule has 0 spiro atoms. The van der Waals surface area contributed by atoms with Crippen molar-refractivity contribution >= 4 is 35.1 Å². The fourth-order valence-corrected chi connectivity index (χ4v) is 2.64. The van der Waals surface area contributed by atoms with Crippen molar-refractivity contribution in [3.8, 4) is 0 Å². The molecule has 2 rings (SSSR count). The Hall–Kier alpha value is -2.18. The molecule has 0 atom stereocenters. The fourth-order valence-electron chi connectivity index (χ4n) is 2.22. The van der Waals surface area contributed by atoms with Crippen LogP contribution in [0.5, 0.6) is 0 Å². The zero-order chi connectivity index (χ0) is 18.4. The quantitative estimate of drug-likeness (QED) is 0.531. The Labute approximate surface area is 157 Å². The molecule has 134 valence electrons. The monoisotopic (exact) mass is 381 g/mol. The van der Waals surface area contributed by atoms with Gasteiger partial charge in [0.2, 0.25) is 5.91 Å². The molecule has 0 radical (unpaired) electrons. The molecule has 1 aromatic carbocycles. The molecule has 0 saturated carbocycles. The van der Waals surface area contributed by atoms with Gasteiger partial charge in [0, 0.05) is 24.8 Å². The third kappa shape index (κ3) is 5.14. The van der Waals surface area contributed by atoms with E-state index >= 15 is 0 Å². The summed E-state index contributed by atoms with van der Waals surface area (Å²) in [5.41, 5.74) is 7.65. The van der Waals surface area contributed by atoms with Gasteiger partial charge >= 0.3 is 0 Å². The Kier molecular flexibility index (Phi) is 6.73. The highest BCUT2D eigenvalue weighted by molar-refractivity contribution is 6.41. The van der Waals surface area contributed by atoms with Gasteiger partial charge in [-0.2, -0.15) is 0 Å². The van der Waals surface area contributed by atoms with Crippen molar-refractivity contribution < 1.29 is 4.79 Å². The van der Waals surface area contributed by atoms with E-state index < -0.39 is 5.91 Å². The molecule has 4 N–H and O–H groups in total. The van der Waals surface area contributed by atoms with Gasteiger partial charge in [-0.1, -0.05) is 35.3 Å². The molecule has 8 heteroatoms. The number of rotatable bonds is 6. The summed E-state index contributed by atoms with van der Waals surface area (Å²) in [7, 11) is 1.86. The molecule has 1 aromatic heterocycles. The van der Waals surface area contributed by atoms with Crippen molar-refractivity contribution in [1.82, 2.24) is 15.2 Å². The standard InChI is InChI=1S/C17H21Cl2N5O/c1-3-21-17(23-10-13-8-14(18)15(19)24(13)2)22-9-11-4-6-12(7-5-11)16(20)25/h4-8H,3,9-10H2,1-2H3,(H2,20,25)(H2,21,22,23). The maximum atomic E-state index is 11.1. The zero-order valence-electron chi connectivity index (χ0n) is 14.1. The molecule has 0 aliphatic heterocycles. The molecule has 0 unspecified atom stereocenters. The summed E-state index contributed by atoms with van der Waals surface area (Å²) in [6, 6.07) is 8.89. The van der Waals surface area contributed by atoms with Gasteiger partial charge in [0.15, 0.2) is 5.96 Å². The molecular formula is C17H21Cl2N5O. The lowest BCUT2D eigenvalue weighted by molar-refractivity contribution is 0.100. The van der Waals surface area contributed by atoms with Crippen molar-refractivity contribution in [2.75, 3.05) is 6.54 Å². The number of hydrogen-bond acceptors (Lipinski definition) is 2. The second-order valence-corrected chi connectivity index (χ2v) is 6.21. The molecule has 1 heterocycles. The van der Waals surface area contributed by atoms with E-state index in [1.807, 2.05) is 36.7 Å². The Morgan fingerprint density at radius 2 is 1.92 bits per heavy atom. The minimum absolute atomic E-state index is 0.440. The molecule has 1 amide bonds. The molecule has 0 fully saturated rings. The van der Waals surface area contributed by atoms with Gasteiger partial charge < -0.3 is 20.9 Å². The highest BCUT2D eigenvalue weighted by Crippen LogP contribution is 2.24. The Bertz CT molecular complexity index is 768. The van der Waals surface area contributed by atoms with Gasteiger partial charge in [0.05, 0.1) is 18.1 Å². The number of halogens is 2. The highest BCUT2D eigenvalue weighted by atomic mass is 35.5. The predicted molar refractivity (Wildman–Crippen MR) is 102 cm³/mol. The van der Waals surface area contributed by atoms with E-state index in [2.05, 4.69) is 15.6 Å². The van der Waals surface area contributed by atoms with E-state index in [0.717, 1.165) is 17.8 Å². The number of benzene rings is 1. The van der Waals surface area contributed by atoms with Crippen LogP contribution < -0.4 is 16.4 Å². The van der Waals surface area contributed by atoms with E-state index in [9.17, 15) is 4.79 Å². The maximum Gasteiger partial charge on any atom is 0.248 e. The topological polar surface area (TPSA) is 84.4 Å². The fraction of sp³-hybridized carbons (Fsp3) is 0.294. The number of aliphatic imine (C=N–C) groups is 1. The lowest BCUT2D eigenvalue weighted by atomic mass is 10.1. The van der Waals surface area contributed by atoms with Crippen LogP contribution in [0.15, 0.2) is 35.3 Å². The summed E-state index contributed by atoms with van der Waals surface area (Å²) in [6.45, 7) is 3.74. The first-order valence-electron chi connectivity index (χ1n) is 7.83. The molecule has 6 nitrogen and oxygen atoms in total. The van der Waals surface area contributed by atoms with Gasteiger partial charge in [0.1, 0.15) is 5.15 Å². The minimum atomic E-state index is -0.440. The molecule has 0 bridgehead atoms. The van der Waals surface area contributed by atoms with Crippen LogP contribution in [0.1, 0.15) is 28.5 Å². The van der Waals surface area contributed by atoms with Crippen molar-refractivity contribution in [3.05, 3.63) is 57.3 Å². The number of nitrogens with zero attached hydrogens (tertiary/aromatic N) is 2. The summed E-state index contributed by atoms with van der Waals surface area (Å²) >= 11 is 12.1. The van der Waals surface area contributed by atoms with Crippen molar-refractivity contribution in [2.24, 2.45) is 17.8 Å². The van der Waals surface area contributed by atoms with Crippen LogP contribution in [0.2, 0.25) is 10.2 Å². The maximum absolute atomic E-state index is 11.1. The lowest BCUT2D eigenvalue weighted by Gasteiger charge is -2.12. The minimum Gasteiger partial charge on any atom is -0.366 e. The summed E-state index contributed by atoms with van der Waals surface area (Å²) < 4.78 is 1.82. The third-order valence-electron chi connectivity index (χ3n) is 3.66. The van der Waals surface area contributed by atoms with E-state index in [4.69, 9.17) is 28.9 Å². The summed E-state index contributed by atoms with van der Waals surface area (Å²) in [5, 5.41) is 7.46. The largest absolute Gasteiger partial charge is 0.366 e. The van der Waals surface area contributed by atoms with Crippen LogP contribution in [-0.4, -0.2) is 23.0 Å². The number of hydrogen-bond donors (Lipinski definition) is 3. The molecular weight excluding hydrogens is 361 g/mol. The first kappa shape index (κ1) is 19.1. The number of nitrogens with two attached hydrogens (primary N) is 1. The smallest absolute Gasteiger partial charge is 0.248 e. The summed E-state index contributed by atoms with van der Waals surface area (Å²) in [4.78, 5) is 15.6. The van der Waals surface area contributed by atoms with Crippen molar-refractivity contribution in [2.45, 2.75) is 20.0 Å². The number of carbonyl (C=O) groups excluding carboxylic acids is 1. The van der Waals surface area contributed by atoms with Crippen molar-refractivity contribution in [3.63, 3.8) is 0 Å². The Balaban J connectivity index is 2.02. The van der Waals surface area contributed by atoms with Gasteiger partial charge in [-0.15, -0.1) is 0 Å². The first-order valence-corrected chi connectivity index (χ1v) is 8.58. The van der Waals surface area contributed by atoms with Crippen LogP contribution in [0.3, 0.4) is 0 Å². The average Bonchev–Trinajstić information content (AvgIpc) is 2.84. The number of guanidine groups is 1. The predicted octanol–water partition coefficient (Wildman–Crippen LogP) is 2.69. The van der Waals surface area contributed by atoms with E-state index in [1.165, 1.54) is 0 Å². The molecule has 0 aliphatic carbocycles.